The van der Waals surface area contributed by atoms with Gasteiger partial charge in [-0.15, -0.1) is 0 Å². The molecule has 80 valence electrons. The van der Waals surface area contributed by atoms with Gasteiger partial charge in [0.2, 0.25) is 0 Å². The molecule has 2 rings (SSSR count). The van der Waals surface area contributed by atoms with E-state index in [9.17, 15) is 4.79 Å². The third-order valence-electron chi connectivity index (χ3n) is 3.39. The lowest BCUT2D eigenvalue weighted by atomic mass is 10.2. The van der Waals surface area contributed by atoms with Crippen molar-refractivity contribution in [2.45, 2.75) is 38.3 Å². The Morgan fingerprint density at radius 3 is 2.71 bits per heavy atom. The Labute approximate surface area is 86.1 Å². The van der Waals surface area contributed by atoms with Crippen LogP contribution in [-0.2, 0) is 4.79 Å². The molecule has 2 fully saturated rings. The second-order valence-corrected chi connectivity index (χ2v) is 4.57. The number of hydrogen-bond donors (Lipinski definition) is 0. The fourth-order valence-corrected chi connectivity index (χ4v) is 2.35. The van der Waals surface area contributed by atoms with E-state index in [0.29, 0.717) is 12.5 Å². The smallest absolute Gasteiger partial charge is 0.121 e. The third kappa shape index (κ3) is 2.34. The van der Waals surface area contributed by atoms with Crippen molar-refractivity contribution in [3.63, 3.8) is 0 Å². The molecule has 1 atom stereocenters. The van der Waals surface area contributed by atoms with Crippen LogP contribution in [-0.4, -0.2) is 54.3 Å². The van der Waals surface area contributed by atoms with E-state index in [1.165, 1.54) is 25.9 Å². The van der Waals surface area contributed by atoms with Crippen LogP contribution >= 0.6 is 0 Å². The van der Waals surface area contributed by atoms with Crippen LogP contribution in [0.3, 0.4) is 0 Å². The van der Waals surface area contributed by atoms with Crippen molar-refractivity contribution < 1.29 is 4.79 Å². The Hall–Kier alpha value is -0.410. The maximum atomic E-state index is 10.3. The van der Waals surface area contributed by atoms with Crippen LogP contribution in [0.4, 0.5) is 0 Å². The first-order valence-electron chi connectivity index (χ1n) is 5.73. The summed E-state index contributed by atoms with van der Waals surface area (Å²) in [6.45, 7) is 6.77. The van der Waals surface area contributed by atoms with Crippen LogP contribution in [0.5, 0.6) is 0 Å². The summed E-state index contributed by atoms with van der Waals surface area (Å²) in [6.07, 6.45) is 4.52. The maximum absolute atomic E-state index is 10.3. The Morgan fingerprint density at radius 2 is 2.14 bits per heavy atom. The van der Waals surface area contributed by atoms with Crippen LogP contribution < -0.4 is 0 Å². The molecule has 0 aromatic heterocycles. The van der Waals surface area contributed by atoms with E-state index in [2.05, 4.69) is 16.7 Å². The summed E-state index contributed by atoms with van der Waals surface area (Å²) in [5.41, 5.74) is 0. The molecule has 3 heteroatoms. The van der Waals surface area contributed by atoms with Gasteiger partial charge >= 0.3 is 0 Å². The lowest BCUT2D eigenvalue weighted by molar-refractivity contribution is -0.108. The van der Waals surface area contributed by atoms with Gasteiger partial charge in [0.05, 0.1) is 0 Å². The van der Waals surface area contributed by atoms with Crippen molar-refractivity contribution in [1.82, 2.24) is 9.80 Å². The summed E-state index contributed by atoms with van der Waals surface area (Å²) < 4.78 is 0. The fourth-order valence-electron chi connectivity index (χ4n) is 2.35. The molecular formula is C11H20N2O. The SMILES string of the molecule is CC1CN(C2CC2)CCN1CCC=O. The molecular weight excluding hydrogens is 176 g/mol. The van der Waals surface area contributed by atoms with Crippen LogP contribution in [0.2, 0.25) is 0 Å². The first-order valence-corrected chi connectivity index (χ1v) is 5.73. The summed E-state index contributed by atoms with van der Waals surface area (Å²) >= 11 is 0. The third-order valence-corrected chi connectivity index (χ3v) is 3.39. The molecule has 2 aliphatic rings. The molecule has 0 N–H and O–H groups in total. The molecule has 1 aliphatic carbocycles. The lowest BCUT2D eigenvalue weighted by Crippen LogP contribution is -2.52. The molecule has 1 saturated heterocycles. The van der Waals surface area contributed by atoms with Crippen molar-refractivity contribution >= 4 is 6.29 Å². The highest BCUT2D eigenvalue weighted by molar-refractivity contribution is 5.49. The van der Waals surface area contributed by atoms with Gasteiger partial charge in [-0.2, -0.15) is 0 Å². The van der Waals surface area contributed by atoms with Gasteiger partial charge in [0.15, 0.2) is 0 Å². The number of hydrogen-bond acceptors (Lipinski definition) is 3. The fraction of sp³-hybridized carbons (Fsp3) is 0.909. The largest absolute Gasteiger partial charge is 0.303 e. The zero-order chi connectivity index (χ0) is 9.97. The minimum absolute atomic E-state index is 0.629. The lowest BCUT2D eigenvalue weighted by Gasteiger charge is -2.39. The van der Waals surface area contributed by atoms with Crippen molar-refractivity contribution in [2.75, 3.05) is 26.2 Å². The topological polar surface area (TPSA) is 23.6 Å². The average Bonchev–Trinajstić information content (AvgIpc) is 2.99. The van der Waals surface area contributed by atoms with Gasteiger partial charge < -0.3 is 4.79 Å². The number of piperazine rings is 1. The molecule has 0 aromatic carbocycles. The second kappa shape index (κ2) is 4.41. The first-order chi connectivity index (χ1) is 6.81. The van der Waals surface area contributed by atoms with Crippen molar-refractivity contribution in [3.8, 4) is 0 Å². The van der Waals surface area contributed by atoms with E-state index in [-0.39, 0.29) is 0 Å². The molecule has 0 spiro atoms. The predicted octanol–water partition coefficient (Wildman–Crippen LogP) is 0.744. The van der Waals surface area contributed by atoms with Gasteiger partial charge in [-0.3, -0.25) is 9.80 Å². The van der Waals surface area contributed by atoms with Crippen molar-refractivity contribution in [3.05, 3.63) is 0 Å². The molecule has 0 amide bonds. The number of aldehydes is 1. The molecule has 3 nitrogen and oxygen atoms in total. The number of carbonyl (C=O) groups excluding carboxylic acids is 1. The molecule has 1 saturated carbocycles. The monoisotopic (exact) mass is 196 g/mol. The summed E-state index contributed by atoms with van der Waals surface area (Å²) in [5, 5.41) is 0. The predicted molar refractivity (Wildman–Crippen MR) is 56.3 cm³/mol. The minimum atomic E-state index is 0.629. The maximum Gasteiger partial charge on any atom is 0.121 e. The number of carbonyl (C=O) groups is 1. The van der Waals surface area contributed by atoms with Gasteiger partial charge in [0.25, 0.3) is 0 Å². The second-order valence-electron chi connectivity index (χ2n) is 4.57. The van der Waals surface area contributed by atoms with Crippen LogP contribution in [0, 0.1) is 0 Å². The molecule has 14 heavy (non-hydrogen) atoms. The van der Waals surface area contributed by atoms with Gasteiger partial charge in [-0.25, -0.2) is 0 Å². The highest BCUT2D eigenvalue weighted by Crippen LogP contribution is 2.28. The number of rotatable bonds is 4. The Morgan fingerprint density at radius 1 is 1.36 bits per heavy atom. The van der Waals surface area contributed by atoms with Crippen molar-refractivity contribution in [2.24, 2.45) is 0 Å². The molecule has 1 aliphatic heterocycles. The van der Waals surface area contributed by atoms with Gasteiger partial charge in [0, 0.05) is 44.7 Å². The normalized spacial score (nSPS) is 30.5. The zero-order valence-electron chi connectivity index (χ0n) is 8.98. The highest BCUT2D eigenvalue weighted by atomic mass is 16.1. The zero-order valence-corrected chi connectivity index (χ0v) is 8.98. The molecule has 1 unspecified atom stereocenters. The van der Waals surface area contributed by atoms with E-state index in [1.807, 2.05) is 0 Å². The minimum Gasteiger partial charge on any atom is -0.303 e. The van der Waals surface area contributed by atoms with E-state index >= 15 is 0 Å². The number of nitrogens with zero attached hydrogens (tertiary/aromatic N) is 2. The van der Waals surface area contributed by atoms with E-state index < -0.39 is 0 Å². The van der Waals surface area contributed by atoms with E-state index in [4.69, 9.17) is 0 Å². The summed E-state index contributed by atoms with van der Waals surface area (Å²) in [4.78, 5) is 15.4. The highest BCUT2D eigenvalue weighted by Gasteiger charge is 2.33. The van der Waals surface area contributed by atoms with Crippen molar-refractivity contribution in [1.29, 1.82) is 0 Å². The average molecular weight is 196 g/mol. The Kier molecular flexibility index (Phi) is 3.19. The summed E-state index contributed by atoms with van der Waals surface area (Å²) in [6, 6.07) is 1.52. The first kappa shape index (κ1) is 10.1. The standard InChI is InChI=1S/C11H20N2O/c1-10-9-13(11-3-4-11)7-6-12(10)5-2-8-14/h8,10-11H,2-7,9H2,1H3. The summed E-state index contributed by atoms with van der Waals surface area (Å²) in [7, 11) is 0. The van der Waals surface area contributed by atoms with E-state index in [0.717, 1.165) is 25.4 Å². The molecule has 0 bridgehead atoms. The summed E-state index contributed by atoms with van der Waals surface area (Å²) in [5.74, 6) is 0. The van der Waals surface area contributed by atoms with Gasteiger partial charge in [0.1, 0.15) is 6.29 Å². The molecule has 0 aromatic rings. The van der Waals surface area contributed by atoms with Crippen LogP contribution in [0.15, 0.2) is 0 Å². The molecule has 0 radical (unpaired) electrons. The van der Waals surface area contributed by atoms with Gasteiger partial charge in [-0.05, 0) is 19.8 Å². The van der Waals surface area contributed by atoms with Crippen LogP contribution in [0.25, 0.3) is 0 Å². The van der Waals surface area contributed by atoms with Crippen LogP contribution in [0.1, 0.15) is 26.2 Å². The Balaban J connectivity index is 1.77. The van der Waals surface area contributed by atoms with Gasteiger partial charge in [-0.1, -0.05) is 0 Å². The molecule has 1 heterocycles. The van der Waals surface area contributed by atoms with E-state index in [1.54, 1.807) is 0 Å². The quantitative estimate of drug-likeness (QED) is 0.620. The Bertz CT molecular complexity index is 203.